The fourth-order valence-corrected chi connectivity index (χ4v) is 13.8. The number of methoxy groups -OCH3 is 1. The van der Waals surface area contributed by atoms with E-state index in [4.69, 9.17) is 4.74 Å². The quantitative estimate of drug-likeness (QED) is 0.0514. The number of ketones is 2. The Morgan fingerprint density at radius 1 is 0.802 bits per heavy atom. The van der Waals surface area contributed by atoms with Gasteiger partial charge in [-0.05, 0) is 179 Å². The summed E-state index contributed by atoms with van der Waals surface area (Å²) in [6.45, 7) is 6.07. The van der Waals surface area contributed by atoms with E-state index in [-0.39, 0.29) is 66.4 Å². The van der Waals surface area contributed by atoms with Crippen LogP contribution in [0.2, 0.25) is 0 Å². The minimum Gasteiger partial charge on any atom is -0.504 e. The predicted molar refractivity (Wildman–Crippen MR) is 322 cm³/mol. The Hall–Kier alpha value is -6.94. The number of aliphatic hydroxyl groups is 3. The van der Waals surface area contributed by atoms with Crippen LogP contribution in [-0.2, 0) is 35.3 Å². The molecule has 5 aromatic carbocycles. The number of Topliss-reactive ketones (excluding diaryl/α,β-unsaturated/α-hetero) is 2. The fraction of sp³-hybridized carbons (Fsp3) is 0.429. The van der Waals surface area contributed by atoms with E-state index < -0.39 is 30.0 Å². The maximum Gasteiger partial charge on any atom is 0.160 e. The van der Waals surface area contributed by atoms with E-state index in [1.54, 1.807) is 6.07 Å². The number of aromatic nitrogens is 1. The monoisotopic (exact) mass is 1090 g/mol. The summed E-state index contributed by atoms with van der Waals surface area (Å²) in [5.41, 5.74) is 10.2. The average Bonchev–Trinajstić information content (AvgIpc) is 4.06. The lowest BCUT2D eigenvalue weighted by Gasteiger charge is -2.36. The van der Waals surface area contributed by atoms with Crippen LogP contribution >= 0.6 is 0 Å². The summed E-state index contributed by atoms with van der Waals surface area (Å²) in [5, 5.41) is 59.3. The van der Waals surface area contributed by atoms with Crippen LogP contribution in [-0.4, -0.2) is 82.5 Å². The molecule has 0 spiro atoms. The van der Waals surface area contributed by atoms with Crippen LogP contribution in [0.25, 0.3) is 10.8 Å². The number of rotatable bonds is 9. The second-order valence-electron chi connectivity index (χ2n) is 23.7. The number of phenols is 1. The molecule has 11 heteroatoms. The molecule has 1 aromatic heterocycles. The first-order valence-corrected chi connectivity index (χ1v) is 29.8. The van der Waals surface area contributed by atoms with E-state index in [2.05, 4.69) is 119 Å². The Morgan fingerprint density at radius 3 is 2.41 bits per heavy atom. The molecule has 2 aliphatic heterocycles. The van der Waals surface area contributed by atoms with Gasteiger partial charge in [-0.25, -0.2) is 0 Å². The molecule has 424 valence electrons. The third kappa shape index (κ3) is 14.0. The van der Waals surface area contributed by atoms with Crippen LogP contribution in [0, 0.1) is 47.3 Å². The number of hydrogen-bond donors (Lipinski definition) is 8. The van der Waals surface area contributed by atoms with Crippen LogP contribution in [0.1, 0.15) is 128 Å². The Labute approximate surface area is 478 Å². The maximum absolute atomic E-state index is 15.2. The number of fused-ring (bicyclic) bond motifs is 9. The van der Waals surface area contributed by atoms with E-state index in [0.717, 1.165) is 92.6 Å². The summed E-state index contributed by atoms with van der Waals surface area (Å²) in [7, 11) is 1.52. The Bertz CT molecular complexity index is 3260. The molecule has 1 saturated carbocycles. The third-order valence-corrected chi connectivity index (χ3v) is 18.0. The SMILES string of the molecule is CCC[C@@H]1[C@H]2C[C@H](C[C@@H]3C#C[C@@H](c4ccccc4)c4cc(O)c(OC)cc4CCC(=O)CC(=O)[C@H]3C2)[C@H](CCCO)C2=CCNC(=C2)Nc2cc3cc(ccc3cc2Cc2ccccc2)C[C@@H](O)CNC[C@@H](C)c2c[nH]c(c2)C[C@@H]1O. The number of carbonyl (C=O) groups is 2. The number of hydrogen-bond acceptors (Lipinski definition) is 10. The molecule has 9 bridgehead atoms. The molecule has 11 nitrogen and oxygen atoms in total. The van der Waals surface area contributed by atoms with Crippen molar-refractivity contribution >= 4 is 28.0 Å². The Kier molecular flexibility index (Phi) is 18.9. The highest BCUT2D eigenvalue weighted by atomic mass is 16.5. The first-order valence-electron chi connectivity index (χ1n) is 29.8. The molecule has 0 saturated heterocycles. The molecule has 4 aliphatic rings. The smallest absolute Gasteiger partial charge is 0.160 e. The number of anilines is 1. The second kappa shape index (κ2) is 26.8. The number of dihydropyridines is 1. The molecule has 2 aliphatic carbocycles. The first-order chi connectivity index (χ1) is 39.4. The van der Waals surface area contributed by atoms with Crippen molar-refractivity contribution in [3.63, 3.8) is 0 Å². The molecular formula is C70H82N4O7. The summed E-state index contributed by atoms with van der Waals surface area (Å²) in [5.74, 6) is 6.85. The van der Waals surface area contributed by atoms with E-state index in [0.29, 0.717) is 70.3 Å². The normalized spacial score (nSPS) is 25.8. The number of nitrogens with one attached hydrogen (secondary N) is 4. The molecule has 6 aromatic rings. The van der Waals surface area contributed by atoms with Crippen LogP contribution in [0.3, 0.4) is 0 Å². The van der Waals surface area contributed by atoms with Gasteiger partial charge >= 0.3 is 0 Å². The molecule has 0 unspecified atom stereocenters. The van der Waals surface area contributed by atoms with Gasteiger partial charge in [0.15, 0.2) is 11.5 Å². The van der Waals surface area contributed by atoms with Gasteiger partial charge < -0.3 is 46.1 Å². The fourth-order valence-electron chi connectivity index (χ4n) is 13.8. The number of aromatic amines is 1. The van der Waals surface area contributed by atoms with Crippen molar-refractivity contribution in [2.24, 2.45) is 35.5 Å². The Balaban J connectivity index is 1.11. The van der Waals surface area contributed by atoms with Gasteiger partial charge in [-0.3, -0.25) is 9.59 Å². The maximum atomic E-state index is 15.2. The number of carbonyl (C=O) groups excluding carboxylic acids is 2. The minimum atomic E-state index is -0.723. The van der Waals surface area contributed by atoms with Gasteiger partial charge in [-0.15, -0.1) is 0 Å². The molecule has 10 atom stereocenters. The third-order valence-electron chi connectivity index (χ3n) is 18.0. The molecule has 10 rings (SSSR count). The highest BCUT2D eigenvalue weighted by molar-refractivity contribution is 6.00. The van der Waals surface area contributed by atoms with Crippen molar-refractivity contribution in [2.75, 3.05) is 38.7 Å². The zero-order chi connectivity index (χ0) is 56.4. The van der Waals surface area contributed by atoms with Gasteiger partial charge in [-0.2, -0.15) is 0 Å². The van der Waals surface area contributed by atoms with Gasteiger partial charge in [0.1, 0.15) is 17.4 Å². The lowest BCUT2D eigenvalue weighted by atomic mass is 9.71. The van der Waals surface area contributed by atoms with Crippen LogP contribution in [0.5, 0.6) is 11.5 Å². The Morgan fingerprint density at radius 2 is 1.62 bits per heavy atom. The number of ether oxygens (including phenoxy) is 1. The van der Waals surface area contributed by atoms with Crippen LogP contribution < -0.4 is 20.7 Å². The second-order valence-corrected chi connectivity index (χ2v) is 23.7. The lowest BCUT2D eigenvalue weighted by molar-refractivity contribution is -0.130. The van der Waals surface area contributed by atoms with Crippen molar-refractivity contribution in [1.82, 2.24) is 15.6 Å². The first kappa shape index (κ1) is 57.3. The number of H-pyrrole nitrogens is 1. The molecule has 0 radical (unpaired) electrons. The largest absolute Gasteiger partial charge is 0.504 e. The molecule has 81 heavy (non-hydrogen) atoms. The number of phenolic OH excluding ortho intramolecular Hbond substituents is 1. The number of allylic oxidation sites excluding steroid dienone is 2. The zero-order valence-corrected chi connectivity index (χ0v) is 47.4. The summed E-state index contributed by atoms with van der Waals surface area (Å²) < 4.78 is 5.59. The average molecular weight is 1090 g/mol. The van der Waals surface area contributed by atoms with Crippen molar-refractivity contribution in [1.29, 1.82) is 0 Å². The molecule has 3 heterocycles. The topological polar surface area (TPSA) is 176 Å². The summed E-state index contributed by atoms with van der Waals surface area (Å²) in [4.78, 5) is 32.9. The van der Waals surface area contributed by atoms with E-state index >= 15 is 4.79 Å². The van der Waals surface area contributed by atoms with E-state index in [1.165, 1.54) is 12.7 Å². The number of aliphatic hydroxyl groups excluding tert-OH is 3. The van der Waals surface area contributed by atoms with Crippen LogP contribution in [0.15, 0.2) is 139 Å². The summed E-state index contributed by atoms with van der Waals surface area (Å²) in [6, 6.07) is 37.3. The van der Waals surface area contributed by atoms with Gasteiger partial charge in [0.05, 0.1) is 31.7 Å². The van der Waals surface area contributed by atoms with Crippen molar-refractivity contribution < 1.29 is 34.8 Å². The number of benzene rings is 5. The van der Waals surface area contributed by atoms with Gasteiger partial charge in [0.2, 0.25) is 0 Å². The van der Waals surface area contributed by atoms with Gasteiger partial charge in [0, 0.05) is 68.5 Å². The molecule has 0 amide bonds. The lowest BCUT2D eigenvalue weighted by Crippen LogP contribution is -2.34. The molecule has 1 fully saturated rings. The van der Waals surface area contributed by atoms with Crippen molar-refractivity contribution in [2.45, 2.75) is 121 Å². The standard InChI is InChI=1S/C70H82N4O7/c1-4-12-62-54-32-53(31-49-21-23-61(47-15-9-6-10-16-47)63-40-68(80)69(81-3)36-50(63)20-22-58(76)39-67(79)64(49)34-54)60(17-11-26-75)51-24-25-72-70(37-51)74-65-35-52-28-46(18-19-48(52)30-55(65)27-45-13-7-5-8-14-45)29-59(77)43-71-41-44(2)56-33-57(73-42-56)38-66(62)78/h5-10,13-16,18-19,24,28,30,33,35-37,40,42,44,49,53-54,59-62,64,66,71-75,77-78,80H,4,11-12,17,20,22,25-27,29,31-32,34,38-39,41,43H2,1-3H3/t44-,49+,53+,54+,59-,60-,61+,62-,64+,66+/m1/s1. The van der Waals surface area contributed by atoms with Crippen LogP contribution in [0.4, 0.5) is 5.69 Å². The van der Waals surface area contributed by atoms with Gasteiger partial charge in [-0.1, -0.05) is 117 Å². The highest BCUT2D eigenvalue weighted by Crippen LogP contribution is 2.48. The predicted octanol–water partition coefficient (Wildman–Crippen LogP) is 11.2. The van der Waals surface area contributed by atoms with Crippen molar-refractivity contribution in [3.8, 4) is 23.3 Å². The minimum absolute atomic E-state index is 0.00253. The zero-order valence-electron chi connectivity index (χ0n) is 47.4. The van der Waals surface area contributed by atoms with E-state index in [9.17, 15) is 25.2 Å². The summed E-state index contributed by atoms with van der Waals surface area (Å²) >= 11 is 0. The number of aromatic hydroxyl groups is 1. The number of aryl methyl sites for hydroxylation is 1. The van der Waals surface area contributed by atoms with Gasteiger partial charge in [0.25, 0.3) is 0 Å². The highest BCUT2D eigenvalue weighted by Gasteiger charge is 2.43. The molecule has 8 N–H and O–H groups in total. The summed E-state index contributed by atoms with van der Waals surface area (Å²) in [6.07, 6.45) is 11.9. The van der Waals surface area contributed by atoms with E-state index in [1.807, 2.05) is 48.7 Å². The molecular weight excluding hydrogens is 1010 g/mol. The number of β-amino-alcohol motifs (C(OH)–C–C–N with tert-alkyl or cyclic N) is 1. The van der Waals surface area contributed by atoms with Crippen molar-refractivity contribution in [3.05, 3.63) is 184 Å².